The van der Waals surface area contributed by atoms with E-state index in [0.29, 0.717) is 16.8 Å². The van der Waals surface area contributed by atoms with Crippen LogP contribution in [0, 0.1) is 15.9 Å². The second-order valence-corrected chi connectivity index (χ2v) is 7.74. The molecule has 0 radical (unpaired) electrons. The number of ether oxygens (including phenoxy) is 2. The first-order valence-electron chi connectivity index (χ1n) is 10.8. The first-order valence-corrected chi connectivity index (χ1v) is 10.8. The lowest BCUT2D eigenvalue weighted by Crippen LogP contribution is -2.24. The van der Waals surface area contributed by atoms with Crippen LogP contribution >= 0.6 is 0 Å². The van der Waals surface area contributed by atoms with Crippen LogP contribution in [-0.4, -0.2) is 33.8 Å². The summed E-state index contributed by atoms with van der Waals surface area (Å²) in [5.41, 5.74) is 2.13. The van der Waals surface area contributed by atoms with Crippen molar-refractivity contribution in [2.75, 3.05) is 13.2 Å². The minimum absolute atomic E-state index is 0.0317. The fraction of sp³-hybridized carbons (Fsp3) is 0.120. The third kappa shape index (κ3) is 4.54. The summed E-state index contributed by atoms with van der Waals surface area (Å²) in [5, 5.41) is 19.0. The monoisotopic (exact) mass is 474 g/mol. The highest BCUT2D eigenvalue weighted by Crippen LogP contribution is 2.36. The Hall–Kier alpha value is -4.73. The lowest BCUT2D eigenvalue weighted by Gasteiger charge is -2.18. The van der Waals surface area contributed by atoms with Crippen LogP contribution in [-0.2, 0) is 6.54 Å². The molecule has 0 aliphatic carbocycles. The molecule has 0 bridgehead atoms. The van der Waals surface area contributed by atoms with Gasteiger partial charge in [-0.15, -0.1) is 0 Å². The highest BCUT2D eigenvalue weighted by molar-refractivity contribution is 5.99. The van der Waals surface area contributed by atoms with Crippen molar-refractivity contribution in [2.24, 2.45) is 0 Å². The van der Waals surface area contributed by atoms with Crippen LogP contribution in [0.4, 0.5) is 10.1 Å². The second-order valence-electron chi connectivity index (χ2n) is 7.74. The number of aromatic nitrogens is 2. The van der Waals surface area contributed by atoms with Crippen molar-refractivity contribution in [3.05, 3.63) is 100.0 Å². The number of rotatable bonds is 6. The van der Waals surface area contributed by atoms with Crippen molar-refractivity contribution >= 4 is 11.6 Å². The molecule has 10 heteroatoms. The first kappa shape index (κ1) is 22.1. The molecule has 1 amide bonds. The Balaban J connectivity index is 1.46. The van der Waals surface area contributed by atoms with E-state index in [-0.39, 0.29) is 48.3 Å². The number of carbonyl (C=O) groups is 1. The number of halogens is 1. The van der Waals surface area contributed by atoms with Gasteiger partial charge in [0.25, 0.3) is 11.6 Å². The van der Waals surface area contributed by atoms with Crippen LogP contribution in [0.3, 0.4) is 0 Å². The topological polar surface area (TPSA) is 109 Å². The number of nitrogens with zero attached hydrogens (tertiary/aromatic N) is 3. The number of nitro groups is 1. The maximum Gasteiger partial charge on any atom is 0.286 e. The Morgan fingerprint density at radius 1 is 1.06 bits per heavy atom. The molecule has 1 aromatic heterocycles. The van der Waals surface area contributed by atoms with E-state index in [1.165, 1.54) is 24.3 Å². The summed E-state index contributed by atoms with van der Waals surface area (Å²) in [6.07, 6.45) is 1.76. The molecule has 35 heavy (non-hydrogen) atoms. The Bertz CT molecular complexity index is 1400. The quantitative estimate of drug-likeness (QED) is 0.330. The van der Waals surface area contributed by atoms with Gasteiger partial charge in [0.05, 0.1) is 22.4 Å². The average Bonchev–Trinajstić information content (AvgIpc) is 3.31. The highest BCUT2D eigenvalue weighted by Gasteiger charge is 2.26. The van der Waals surface area contributed by atoms with Gasteiger partial charge < -0.3 is 14.8 Å². The molecule has 2 heterocycles. The van der Waals surface area contributed by atoms with E-state index >= 15 is 0 Å². The summed E-state index contributed by atoms with van der Waals surface area (Å²) in [5.74, 6) is -0.527. The molecule has 1 aliphatic rings. The second kappa shape index (κ2) is 9.26. The smallest absolute Gasteiger partial charge is 0.286 e. The van der Waals surface area contributed by atoms with E-state index in [1.54, 1.807) is 23.0 Å². The molecule has 0 fully saturated rings. The molecule has 4 aromatic rings. The minimum Gasteiger partial charge on any atom is -0.486 e. The van der Waals surface area contributed by atoms with Crippen LogP contribution in [0.1, 0.15) is 15.9 Å². The molecule has 0 saturated carbocycles. The molecule has 1 N–H and O–H groups in total. The van der Waals surface area contributed by atoms with Crippen molar-refractivity contribution < 1.29 is 23.6 Å². The lowest BCUT2D eigenvalue weighted by atomic mass is 10.1. The Morgan fingerprint density at radius 3 is 2.43 bits per heavy atom. The van der Waals surface area contributed by atoms with Crippen molar-refractivity contribution in [3.63, 3.8) is 0 Å². The van der Waals surface area contributed by atoms with E-state index in [1.807, 2.05) is 30.3 Å². The Morgan fingerprint density at radius 2 is 1.74 bits per heavy atom. The van der Waals surface area contributed by atoms with Gasteiger partial charge in [-0.25, -0.2) is 9.07 Å². The zero-order valence-corrected chi connectivity index (χ0v) is 18.3. The van der Waals surface area contributed by atoms with Gasteiger partial charge in [-0.05, 0) is 36.4 Å². The number of fused-ring (bicyclic) bond motifs is 1. The maximum atomic E-state index is 13.5. The van der Waals surface area contributed by atoms with Crippen LogP contribution in [0.5, 0.6) is 11.5 Å². The fourth-order valence-corrected chi connectivity index (χ4v) is 3.78. The summed E-state index contributed by atoms with van der Waals surface area (Å²) in [7, 11) is 0. The van der Waals surface area contributed by atoms with E-state index in [2.05, 4.69) is 10.4 Å². The molecule has 0 unspecified atom stereocenters. The van der Waals surface area contributed by atoms with Crippen LogP contribution in [0.15, 0.2) is 72.9 Å². The van der Waals surface area contributed by atoms with Gasteiger partial charge in [-0.3, -0.25) is 14.9 Å². The van der Waals surface area contributed by atoms with E-state index in [0.717, 1.165) is 5.69 Å². The van der Waals surface area contributed by atoms with Crippen LogP contribution in [0.2, 0.25) is 0 Å². The SMILES string of the molecule is O=C(NCc1cn(-c2ccccc2)nc1-c1ccc(F)cc1)c1cc2c(cc1[N+](=O)[O-])OCCO2. The zero-order valence-electron chi connectivity index (χ0n) is 18.3. The maximum absolute atomic E-state index is 13.5. The number of hydrogen-bond acceptors (Lipinski definition) is 6. The molecule has 3 aromatic carbocycles. The van der Waals surface area contributed by atoms with Crippen molar-refractivity contribution in [3.8, 4) is 28.4 Å². The van der Waals surface area contributed by atoms with E-state index < -0.39 is 10.8 Å². The molecular formula is C25H19FN4O5. The number of hydrogen-bond donors (Lipinski definition) is 1. The minimum atomic E-state index is -0.647. The third-order valence-electron chi connectivity index (χ3n) is 5.47. The van der Waals surface area contributed by atoms with Crippen LogP contribution in [0.25, 0.3) is 16.9 Å². The van der Waals surface area contributed by atoms with Gasteiger partial charge in [0.2, 0.25) is 0 Å². The summed E-state index contributed by atoms with van der Waals surface area (Å²) in [4.78, 5) is 24.0. The molecule has 0 saturated heterocycles. The molecule has 176 valence electrons. The van der Waals surface area contributed by atoms with Gasteiger partial charge >= 0.3 is 0 Å². The summed E-state index contributed by atoms with van der Waals surface area (Å²) < 4.78 is 26.0. The summed E-state index contributed by atoms with van der Waals surface area (Å²) >= 11 is 0. The predicted molar refractivity (Wildman–Crippen MR) is 124 cm³/mol. The van der Waals surface area contributed by atoms with Gasteiger partial charge in [-0.1, -0.05) is 18.2 Å². The number of amides is 1. The average molecular weight is 474 g/mol. The standard InChI is InChI=1S/C25H19FN4O5/c26-18-8-6-16(7-9-18)24-17(15-29(28-24)19-4-2-1-3-5-19)14-27-25(31)20-12-22-23(35-11-10-34-22)13-21(20)30(32)33/h1-9,12-13,15H,10-11,14H2,(H,27,31). The van der Waals surface area contributed by atoms with E-state index in [9.17, 15) is 19.3 Å². The Labute approximate surface area is 198 Å². The van der Waals surface area contributed by atoms with Crippen molar-refractivity contribution in [2.45, 2.75) is 6.54 Å². The summed E-state index contributed by atoms with van der Waals surface area (Å²) in [6.45, 7) is 0.586. The highest BCUT2D eigenvalue weighted by atomic mass is 19.1. The van der Waals surface area contributed by atoms with Gasteiger partial charge in [0, 0.05) is 29.9 Å². The summed E-state index contributed by atoms with van der Waals surface area (Å²) in [6, 6.07) is 17.8. The molecule has 1 aliphatic heterocycles. The van der Waals surface area contributed by atoms with Crippen molar-refractivity contribution in [1.29, 1.82) is 0 Å². The van der Waals surface area contributed by atoms with E-state index in [4.69, 9.17) is 9.47 Å². The molecule has 5 rings (SSSR count). The molecule has 0 atom stereocenters. The molecule has 9 nitrogen and oxygen atoms in total. The van der Waals surface area contributed by atoms with Gasteiger partial charge in [0.15, 0.2) is 11.5 Å². The number of benzene rings is 3. The zero-order chi connectivity index (χ0) is 24.4. The molecular weight excluding hydrogens is 455 g/mol. The number of nitrogens with one attached hydrogen (secondary N) is 1. The largest absolute Gasteiger partial charge is 0.486 e. The Kier molecular flexibility index (Phi) is 5.84. The van der Waals surface area contributed by atoms with Crippen LogP contribution < -0.4 is 14.8 Å². The fourth-order valence-electron chi connectivity index (χ4n) is 3.78. The normalized spacial score (nSPS) is 12.3. The number of carbonyl (C=O) groups excluding carboxylic acids is 1. The van der Waals surface area contributed by atoms with Crippen molar-refractivity contribution in [1.82, 2.24) is 15.1 Å². The number of para-hydroxylation sites is 1. The predicted octanol–water partition coefficient (Wildman–Crippen LogP) is 4.29. The third-order valence-corrected chi connectivity index (χ3v) is 5.47. The lowest BCUT2D eigenvalue weighted by molar-refractivity contribution is -0.385. The molecule has 0 spiro atoms. The first-order chi connectivity index (χ1) is 17.0. The van der Waals surface area contributed by atoms with Gasteiger partial charge in [0.1, 0.15) is 24.6 Å². The number of nitro benzene ring substituents is 1. The van der Waals surface area contributed by atoms with Gasteiger partial charge in [-0.2, -0.15) is 5.10 Å².